The summed E-state index contributed by atoms with van der Waals surface area (Å²) >= 11 is 5.88. The highest BCUT2D eigenvalue weighted by atomic mass is 35.5. The van der Waals surface area contributed by atoms with Crippen LogP contribution in [0.25, 0.3) is 0 Å². The van der Waals surface area contributed by atoms with E-state index in [0.717, 1.165) is 25.2 Å². The summed E-state index contributed by atoms with van der Waals surface area (Å²) in [6, 6.07) is 15.1. The second kappa shape index (κ2) is 9.09. The van der Waals surface area contributed by atoms with Crippen molar-refractivity contribution in [2.45, 2.75) is 19.6 Å². The molecular formula is C19H22Cl2N2O2. The maximum absolute atomic E-state index is 12.7. The van der Waals surface area contributed by atoms with Crippen LogP contribution in [0.4, 0.5) is 0 Å². The van der Waals surface area contributed by atoms with Gasteiger partial charge in [-0.25, -0.2) is 0 Å². The zero-order valence-corrected chi connectivity index (χ0v) is 15.6. The molecule has 4 nitrogen and oxygen atoms in total. The van der Waals surface area contributed by atoms with Gasteiger partial charge in [0.1, 0.15) is 12.4 Å². The average Bonchev–Trinajstić information content (AvgIpc) is 2.61. The quantitative estimate of drug-likeness (QED) is 0.877. The lowest BCUT2D eigenvalue weighted by Gasteiger charge is -2.34. The summed E-state index contributed by atoms with van der Waals surface area (Å²) in [5, 5.41) is 4.00. The van der Waals surface area contributed by atoms with Gasteiger partial charge < -0.3 is 15.0 Å². The molecule has 0 bridgehead atoms. The molecule has 1 aliphatic heterocycles. The molecule has 2 aromatic carbocycles. The van der Waals surface area contributed by atoms with Crippen LogP contribution >= 0.6 is 24.0 Å². The Balaban J connectivity index is 0.00000225. The Bertz CT molecular complexity index is 707. The van der Waals surface area contributed by atoms with Crippen LogP contribution in [-0.2, 0) is 6.61 Å². The third-order valence-electron chi connectivity index (χ3n) is 4.16. The van der Waals surface area contributed by atoms with E-state index in [-0.39, 0.29) is 24.4 Å². The zero-order chi connectivity index (χ0) is 16.9. The number of amides is 1. The van der Waals surface area contributed by atoms with Crippen molar-refractivity contribution in [3.05, 3.63) is 64.7 Å². The van der Waals surface area contributed by atoms with E-state index in [0.29, 0.717) is 22.9 Å². The summed E-state index contributed by atoms with van der Waals surface area (Å²) < 4.78 is 5.81. The largest absolute Gasteiger partial charge is 0.489 e. The van der Waals surface area contributed by atoms with Crippen molar-refractivity contribution < 1.29 is 9.53 Å². The fraction of sp³-hybridized carbons (Fsp3) is 0.316. The molecule has 134 valence electrons. The highest BCUT2D eigenvalue weighted by molar-refractivity contribution is 6.30. The number of nitrogens with one attached hydrogen (secondary N) is 1. The zero-order valence-electron chi connectivity index (χ0n) is 14.1. The third kappa shape index (κ3) is 5.11. The van der Waals surface area contributed by atoms with Crippen molar-refractivity contribution in [3.63, 3.8) is 0 Å². The molecule has 1 fully saturated rings. The smallest absolute Gasteiger partial charge is 0.254 e. The molecule has 6 heteroatoms. The molecule has 0 unspecified atom stereocenters. The number of carbonyl (C=O) groups is 1. The summed E-state index contributed by atoms with van der Waals surface area (Å²) in [6.45, 7) is 4.90. The number of nitrogens with zero attached hydrogens (tertiary/aromatic N) is 1. The average molecular weight is 381 g/mol. The Kier molecular flexibility index (Phi) is 7.12. The van der Waals surface area contributed by atoms with Crippen molar-refractivity contribution in [1.29, 1.82) is 0 Å². The number of hydrogen-bond donors (Lipinski definition) is 1. The summed E-state index contributed by atoms with van der Waals surface area (Å²) in [5.41, 5.74) is 1.70. The summed E-state index contributed by atoms with van der Waals surface area (Å²) in [5.74, 6) is 0.750. The van der Waals surface area contributed by atoms with Gasteiger partial charge >= 0.3 is 0 Å². The van der Waals surface area contributed by atoms with Crippen molar-refractivity contribution in [3.8, 4) is 5.75 Å². The van der Waals surface area contributed by atoms with Crippen LogP contribution in [0.2, 0.25) is 5.02 Å². The number of piperazine rings is 1. The van der Waals surface area contributed by atoms with Crippen LogP contribution in [-0.4, -0.2) is 36.5 Å². The lowest BCUT2D eigenvalue weighted by molar-refractivity contribution is 0.0655. The number of ether oxygens (including phenoxy) is 1. The minimum absolute atomic E-state index is 0. The molecule has 0 aliphatic carbocycles. The first-order valence-corrected chi connectivity index (χ1v) is 8.50. The van der Waals surface area contributed by atoms with Gasteiger partial charge in [-0.1, -0.05) is 29.8 Å². The highest BCUT2D eigenvalue weighted by Crippen LogP contribution is 2.18. The molecule has 1 saturated heterocycles. The fourth-order valence-electron chi connectivity index (χ4n) is 2.77. The molecular weight excluding hydrogens is 359 g/mol. The molecule has 2 aromatic rings. The number of rotatable bonds is 4. The van der Waals surface area contributed by atoms with Gasteiger partial charge in [0.05, 0.1) is 0 Å². The maximum Gasteiger partial charge on any atom is 0.254 e. The van der Waals surface area contributed by atoms with Crippen molar-refractivity contribution in [2.24, 2.45) is 0 Å². The lowest BCUT2D eigenvalue weighted by atomic mass is 10.1. The lowest BCUT2D eigenvalue weighted by Crippen LogP contribution is -2.52. The topological polar surface area (TPSA) is 41.6 Å². The molecule has 3 rings (SSSR count). The first-order valence-electron chi connectivity index (χ1n) is 8.12. The van der Waals surface area contributed by atoms with Gasteiger partial charge in [0.2, 0.25) is 0 Å². The van der Waals surface area contributed by atoms with Crippen LogP contribution in [0, 0.1) is 0 Å². The molecule has 25 heavy (non-hydrogen) atoms. The van der Waals surface area contributed by atoms with Crippen LogP contribution < -0.4 is 10.1 Å². The Morgan fingerprint density at radius 3 is 2.76 bits per heavy atom. The number of hydrogen-bond acceptors (Lipinski definition) is 3. The molecule has 0 saturated carbocycles. The van der Waals surface area contributed by atoms with Gasteiger partial charge in [-0.2, -0.15) is 0 Å². The maximum atomic E-state index is 12.7. The van der Waals surface area contributed by atoms with E-state index in [9.17, 15) is 4.79 Å². The Labute approximate surface area is 159 Å². The Morgan fingerprint density at radius 1 is 1.28 bits per heavy atom. The predicted octanol–water partition coefficient (Wildman–Crippen LogP) is 3.77. The third-order valence-corrected chi connectivity index (χ3v) is 4.41. The van der Waals surface area contributed by atoms with E-state index in [4.69, 9.17) is 16.3 Å². The first-order chi connectivity index (χ1) is 11.6. The van der Waals surface area contributed by atoms with Gasteiger partial charge in [-0.15, -0.1) is 12.4 Å². The van der Waals surface area contributed by atoms with Crippen LogP contribution in [0.15, 0.2) is 48.5 Å². The Hall–Kier alpha value is -1.75. The second-order valence-corrected chi connectivity index (χ2v) is 6.43. The molecule has 1 aliphatic rings. The molecule has 0 aromatic heterocycles. The van der Waals surface area contributed by atoms with E-state index < -0.39 is 0 Å². The number of benzene rings is 2. The SMILES string of the molecule is C[C@@H]1CNCCN1C(=O)c1cccc(OCc2ccc(Cl)cc2)c1.Cl. The van der Waals surface area contributed by atoms with Crippen LogP contribution in [0.3, 0.4) is 0 Å². The minimum atomic E-state index is 0. The monoisotopic (exact) mass is 380 g/mol. The summed E-state index contributed by atoms with van der Waals surface area (Å²) in [7, 11) is 0. The van der Waals surface area contributed by atoms with E-state index in [1.807, 2.05) is 53.4 Å². The first kappa shape index (κ1) is 19.6. The molecule has 1 atom stereocenters. The predicted molar refractivity (Wildman–Crippen MR) is 103 cm³/mol. The second-order valence-electron chi connectivity index (χ2n) is 5.99. The standard InChI is InChI=1S/C19H21ClN2O2.ClH/c1-14-12-21-9-10-22(14)19(23)16-3-2-4-18(11-16)24-13-15-5-7-17(20)8-6-15;/h2-8,11,14,21H,9-10,12-13H2,1H3;1H/t14-;/m1./s1. The normalized spacial score (nSPS) is 16.9. The van der Waals surface area contributed by atoms with Crippen molar-refractivity contribution in [1.82, 2.24) is 10.2 Å². The van der Waals surface area contributed by atoms with Crippen LogP contribution in [0.5, 0.6) is 5.75 Å². The Morgan fingerprint density at radius 2 is 2.04 bits per heavy atom. The molecule has 1 heterocycles. The summed E-state index contributed by atoms with van der Waals surface area (Å²) in [6.07, 6.45) is 0. The van der Waals surface area contributed by atoms with E-state index in [1.165, 1.54) is 0 Å². The molecule has 1 N–H and O–H groups in total. The minimum Gasteiger partial charge on any atom is -0.489 e. The van der Waals surface area contributed by atoms with Gasteiger partial charge in [0.25, 0.3) is 5.91 Å². The van der Waals surface area contributed by atoms with Gasteiger partial charge in [-0.05, 0) is 42.8 Å². The molecule has 0 spiro atoms. The van der Waals surface area contributed by atoms with Gasteiger partial charge in [0, 0.05) is 36.3 Å². The van der Waals surface area contributed by atoms with Crippen molar-refractivity contribution in [2.75, 3.05) is 19.6 Å². The van der Waals surface area contributed by atoms with Gasteiger partial charge in [-0.3, -0.25) is 4.79 Å². The number of halogens is 2. The highest BCUT2D eigenvalue weighted by Gasteiger charge is 2.24. The summed E-state index contributed by atoms with van der Waals surface area (Å²) in [4.78, 5) is 14.6. The van der Waals surface area contributed by atoms with E-state index in [2.05, 4.69) is 12.2 Å². The molecule has 0 radical (unpaired) electrons. The molecule has 1 amide bonds. The van der Waals surface area contributed by atoms with Crippen molar-refractivity contribution >= 4 is 29.9 Å². The fourth-order valence-corrected chi connectivity index (χ4v) is 2.90. The van der Waals surface area contributed by atoms with E-state index >= 15 is 0 Å². The number of carbonyl (C=O) groups excluding carboxylic acids is 1. The van der Waals surface area contributed by atoms with Gasteiger partial charge in [0.15, 0.2) is 0 Å². The van der Waals surface area contributed by atoms with Crippen LogP contribution in [0.1, 0.15) is 22.8 Å². The van der Waals surface area contributed by atoms with E-state index in [1.54, 1.807) is 0 Å².